The molecule has 1 aliphatic rings. The Morgan fingerprint density at radius 1 is 1.11 bits per heavy atom. The molecule has 0 atom stereocenters. The van der Waals surface area contributed by atoms with Gasteiger partial charge >= 0.3 is 0 Å². The first-order valence-corrected chi connectivity index (χ1v) is 7.65. The van der Waals surface area contributed by atoms with E-state index in [-0.39, 0.29) is 0 Å². The van der Waals surface area contributed by atoms with Gasteiger partial charge in [-0.3, -0.25) is 4.79 Å². The third-order valence-electron chi connectivity index (χ3n) is 4.16. The zero-order valence-electron chi connectivity index (χ0n) is 11.7. The Morgan fingerprint density at radius 3 is 2.53 bits per heavy atom. The SMILES string of the molecule is NCCCCCCC(=O)c1ccccc1C1CCC1. The standard InChI is InChI=1S/C17H25NO/c18-13-6-2-1-3-12-17(19)16-11-5-4-10-15(16)14-8-7-9-14/h4-5,10-11,14H,1-3,6-9,12-13,18H2. The number of unbranched alkanes of at least 4 members (excludes halogenated alkanes) is 3. The molecule has 1 saturated carbocycles. The van der Waals surface area contributed by atoms with Crippen LogP contribution in [-0.2, 0) is 0 Å². The summed E-state index contributed by atoms with van der Waals surface area (Å²) in [4.78, 5) is 12.3. The predicted molar refractivity (Wildman–Crippen MR) is 79.5 cm³/mol. The summed E-state index contributed by atoms with van der Waals surface area (Å²) in [7, 11) is 0. The van der Waals surface area contributed by atoms with E-state index in [0.29, 0.717) is 18.1 Å². The summed E-state index contributed by atoms with van der Waals surface area (Å²) >= 11 is 0. The third kappa shape index (κ3) is 3.90. The highest BCUT2D eigenvalue weighted by Gasteiger charge is 2.23. The summed E-state index contributed by atoms with van der Waals surface area (Å²) in [5.41, 5.74) is 7.74. The molecule has 2 nitrogen and oxygen atoms in total. The van der Waals surface area contributed by atoms with E-state index in [9.17, 15) is 4.79 Å². The molecule has 2 heteroatoms. The van der Waals surface area contributed by atoms with Gasteiger partial charge in [0.25, 0.3) is 0 Å². The first-order valence-electron chi connectivity index (χ1n) is 7.65. The lowest BCUT2D eigenvalue weighted by atomic mass is 9.77. The molecule has 1 aromatic carbocycles. The molecule has 0 aromatic heterocycles. The lowest BCUT2D eigenvalue weighted by Crippen LogP contribution is -2.13. The smallest absolute Gasteiger partial charge is 0.163 e. The number of carbonyl (C=O) groups is 1. The highest BCUT2D eigenvalue weighted by molar-refractivity contribution is 5.97. The average molecular weight is 259 g/mol. The summed E-state index contributed by atoms with van der Waals surface area (Å²) in [6, 6.07) is 8.21. The lowest BCUT2D eigenvalue weighted by Gasteiger charge is -2.27. The molecular formula is C17H25NO. The van der Waals surface area contributed by atoms with Gasteiger partial charge in [-0.25, -0.2) is 0 Å². The second kappa shape index (κ2) is 7.44. The quantitative estimate of drug-likeness (QED) is 0.565. The molecule has 0 bridgehead atoms. The van der Waals surface area contributed by atoms with Crippen LogP contribution >= 0.6 is 0 Å². The summed E-state index contributed by atoms with van der Waals surface area (Å²) in [5, 5.41) is 0. The highest BCUT2D eigenvalue weighted by atomic mass is 16.1. The van der Waals surface area contributed by atoms with Crippen molar-refractivity contribution in [2.24, 2.45) is 5.73 Å². The second-order valence-electron chi connectivity index (χ2n) is 5.59. The Hall–Kier alpha value is -1.15. The highest BCUT2D eigenvalue weighted by Crippen LogP contribution is 2.38. The zero-order chi connectivity index (χ0) is 13.5. The van der Waals surface area contributed by atoms with Gasteiger partial charge in [0.05, 0.1) is 0 Å². The normalized spacial score (nSPS) is 15.2. The van der Waals surface area contributed by atoms with Crippen LogP contribution in [0.3, 0.4) is 0 Å². The molecule has 1 fully saturated rings. The number of carbonyl (C=O) groups excluding carboxylic acids is 1. The summed E-state index contributed by atoms with van der Waals surface area (Å²) < 4.78 is 0. The molecule has 104 valence electrons. The van der Waals surface area contributed by atoms with Crippen LogP contribution in [0.25, 0.3) is 0 Å². The van der Waals surface area contributed by atoms with E-state index in [1.807, 2.05) is 12.1 Å². The number of benzene rings is 1. The Balaban J connectivity index is 1.87. The van der Waals surface area contributed by atoms with Crippen LogP contribution in [0.2, 0.25) is 0 Å². The number of ketones is 1. The molecule has 19 heavy (non-hydrogen) atoms. The van der Waals surface area contributed by atoms with Crippen LogP contribution in [0.1, 0.15) is 73.2 Å². The van der Waals surface area contributed by atoms with Crippen molar-refractivity contribution in [1.29, 1.82) is 0 Å². The number of rotatable bonds is 8. The molecule has 0 aliphatic heterocycles. The molecule has 2 N–H and O–H groups in total. The van der Waals surface area contributed by atoms with Gasteiger partial charge in [0.2, 0.25) is 0 Å². The van der Waals surface area contributed by atoms with Gasteiger partial charge in [0.15, 0.2) is 5.78 Å². The number of hydrogen-bond acceptors (Lipinski definition) is 2. The van der Waals surface area contributed by atoms with Crippen molar-refractivity contribution >= 4 is 5.78 Å². The lowest BCUT2D eigenvalue weighted by molar-refractivity contribution is 0.0977. The molecular weight excluding hydrogens is 234 g/mol. The fraction of sp³-hybridized carbons (Fsp3) is 0.588. The fourth-order valence-corrected chi connectivity index (χ4v) is 2.74. The minimum Gasteiger partial charge on any atom is -0.330 e. The van der Waals surface area contributed by atoms with E-state index in [1.165, 1.54) is 24.8 Å². The molecule has 0 saturated heterocycles. The van der Waals surface area contributed by atoms with Gasteiger partial charge in [0, 0.05) is 12.0 Å². The van der Waals surface area contributed by atoms with Crippen molar-refractivity contribution in [2.75, 3.05) is 6.54 Å². The van der Waals surface area contributed by atoms with Crippen molar-refractivity contribution < 1.29 is 4.79 Å². The van der Waals surface area contributed by atoms with E-state index >= 15 is 0 Å². The minimum absolute atomic E-state index is 0.329. The molecule has 0 radical (unpaired) electrons. The van der Waals surface area contributed by atoms with E-state index in [4.69, 9.17) is 5.73 Å². The molecule has 1 aliphatic carbocycles. The minimum atomic E-state index is 0.329. The van der Waals surface area contributed by atoms with Crippen LogP contribution in [0.4, 0.5) is 0 Å². The maximum absolute atomic E-state index is 12.3. The third-order valence-corrected chi connectivity index (χ3v) is 4.16. The van der Waals surface area contributed by atoms with Gasteiger partial charge in [-0.2, -0.15) is 0 Å². The van der Waals surface area contributed by atoms with E-state index in [2.05, 4.69) is 12.1 Å². The number of Topliss-reactive ketones (excluding diaryl/α,β-unsaturated/α-hetero) is 1. The van der Waals surface area contributed by atoms with Crippen molar-refractivity contribution in [3.8, 4) is 0 Å². The van der Waals surface area contributed by atoms with Crippen LogP contribution in [0.15, 0.2) is 24.3 Å². The summed E-state index contributed by atoms with van der Waals surface area (Å²) in [5.74, 6) is 0.965. The van der Waals surface area contributed by atoms with Crippen LogP contribution in [-0.4, -0.2) is 12.3 Å². The maximum Gasteiger partial charge on any atom is 0.163 e. The van der Waals surface area contributed by atoms with Crippen molar-refractivity contribution in [2.45, 2.75) is 57.3 Å². The zero-order valence-corrected chi connectivity index (χ0v) is 11.7. The van der Waals surface area contributed by atoms with E-state index < -0.39 is 0 Å². The van der Waals surface area contributed by atoms with Gasteiger partial charge in [0.1, 0.15) is 0 Å². The first kappa shape index (κ1) is 14.3. The Labute approximate surface area is 116 Å². The second-order valence-corrected chi connectivity index (χ2v) is 5.59. The number of nitrogens with two attached hydrogens (primary N) is 1. The fourth-order valence-electron chi connectivity index (χ4n) is 2.74. The first-order chi connectivity index (χ1) is 9.33. The molecule has 2 rings (SSSR count). The molecule has 1 aromatic rings. The van der Waals surface area contributed by atoms with Crippen molar-refractivity contribution in [1.82, 2.24) is 0 Å². The van der Waals surface area contributed by atoms with Gasteiger partial charge in [-0.15, -0.1) is 0 Å². The van der Waals surface area contributed by atoms with Gasteiger partial charge in [-0.1, -0.05) is 43.5 Å². The monoisotopic (exact) mass is 259 g/mol. The summed E-state index contributed by atoms with van der Waals surface area (Å²) in [6.07, 6.45) is 8.84. The van der Waals surface area contributed by atoms with Crippen LogP contribution in [0, 0.1) is 0 Å². The largest absolute Gasteiger partial charge is 0.330 e. The summed E-state index contributed by atoms with van der Waals surface area (Å²) in [6.45, 7) is 0.762. The van der Waals surface area contributed by atoms with Crippen molar-refractivity contribution in [3.63, 3.8) is 0 Å². The molecule has 0 spiro atoms. The molecule has 0 amide bonds. The Kier molecular flexibility index (Phi) is 5.59. The van der Waals surface area contributed by atoms with Crippen LogP contribution < -0.4 is 5.73 Å². The Bertz CT molecular complexity index is 409. The number of hydrogen-bond donors (Lipinski definition) is 1. The molecule has 0 unspecified atom stereocenters. The topological polar surface area (TPSA) is 43.1 Å². The molecule has 0 heterocycles. The Morgan fingerprint density at radius 2 is 1.84 bits per heavy atom. The van der Waals surface area contributed by atoms with Crippen molar-refractivity contribution in [3.05, 3.63) is 35.4 Å². The van der Waals surface area contributed by atoms with E-state index in [0.717, 1.165) is 37.8 Å². The predicted octanol–water partition coefficient (Wildman–Crippen LogP) is 4.05. The van der Waals surface area contributed by atoms with Crippen LogP contribution in [0.5, 0.6) is 0 Å². The van der Waals surface area contributed by atoms with Gasteiger partial charge in [-0.05, 0) is 43.7 Å². The van der Waals surface area contributed by atoms with E-state index in [1.54, 1.807) is 0 Å². The average Bonchev–Trinajstić information content (AvgIpc) is 2.37. The maximum atomic E-state index is 12.3. The van der Waals surface area contributed by atoms with Gasteiger partial charge < -0.3 is 5.73 Å².